The van der Waals surface area contributed by atoms with Crippen molar-refractivity contribution in [3.8, 4) is 0 Å². The van der Waals surface area contributed by atoms with E-state index in [1.54, 1.807) is 0 Å². The van der Waals surface area contributed by atoms with Gasteiger partial charge in [-0.05, 0) is 48.3 Å². The highest BCUT2D eigenvalue weighted by molar-refractivity contribution is 7.86. The number of hydrogen-bond donors (Lipinski definition) is 5. The summed E-state index contributed by atoms with van der Waals surface area (Å²) in [6.07, 6.45) is 3.94. The Morgan fingerprint density at radius 1 is 0.821 bits per heavy atom. The molecular weight excluding hydrogens is 552 g/mol. The van der Waals surface area contributed by atoms with Gasteiger partial charge in [0, 0.05) is 32.5 Å². The van der Waals surface area contributed by atoms with Crippen molar-refractivity contribution >= 4 is 37.8 Å². The van der Waals surface area contributed by atoms with Gasteiger partial charge in [0.05, 0.1) is 22.3 Å². The summed E-state index contributed by atoms with van der Waals surface area (Å²) in [7, 11) is -8.15. The lowest BCUT2D eigenvalue weighted by molar-refractivity contribution is -0.139. The molecule has 1 saturated heterocycles. The van der Waals surface area contributed by atoms with Crippen LogP contribution in [0.2, 0.25) is 0 Å². The predicted molar refractivity (Wildman–Crippen MR) is 142 cm³/mol. The fraction of sp³-hybridized carbons (Fsp3) is 0.880. The van der Waals surface area contributed by atoms with E-state index in [-0.39, 0.29) is 34.2 Å². The number of rotatable bonds is 5. The van der Waals surface area contributed by atoms with Crippen molar-refractivity contribution in [2.75, 3.05) is 31.1 Å². The molecule has 0 spiro atoms. The second-order valence-corrected chi connectivity index (χ2v) is 15.7. The first-order chi connectivity index (χ1) is 17.7. The molecule has 39 heavy (non-hydrogen) atoms. The van der Waals surface area contributed by atoms with Crippen molar-refractivity contribution in [3.05, 3.63) is 0 Å². The van der Waals surface area contributed by atoms with Crippen molar-refractivity contribution in [2.24, 2.45) is 33.5 Å². The molecule has 5 atom stereocenters. The van der Waals surface area contributed by atoms with E-state index >= 15 is 0 Å². The Morgan fingerprint density at radius 3 is 1.44 bits per heavy atom. The monoisotopic (exact) mass is 594 g/mol. The summed E-state index contributed by atoms with van der Waals surface area (Å²) in [5.74, 6) is -0.978. The SMILES string of the molecule is CC1(C)C2CCC1(CS(=O)(=O)O)C(=O)C2.CC1(C)C2CCC1(CS(=O)(=O)O)C(=O)C2.O=C(O)[C@H]1CNCCN1. The lowest BCUT2D eigenvalue weighted by atomic mass is 9.70. The van der Waals surface area contributed by atoms with Crippen LogP contribution in [-0.4, -0.2) is 85.8 Å². The van der Waals surface area contributed by atoms with Gasteiger partial charge in [0.2, 0.25) is 0 Å². The standard InChI is InChI=1S/2C10H16O4S.C5H10N2O2/c2*1-9(2)7-3-4-10(9,8(11)5-7)6-15(12,13)14;8-5(9)4-3-6-1-2-7-4/h2*7H,3-6H2,1-2H3,(H,12,13,14);4,6-7H,1-3H2,(H,8,9)/t;;4-/m..1/s1. The zero-order chi connectivity index (χ0) is 29.7. The van der Waals surface area contributed by atoms with Crippen molar-refractivity contribution in [2.45, 2.75) is 72.3 Å². The third kappa shape index (κ3) is 6.10. The van der Waals surface area contributed by atoms with Gasteiger partial charge < -0.3 is 15.7 Å². The molecule has 5 fully saturated rings. The van der Waals surface area contributed by atoms with Gasteiger partial charge in [-0.1, -0.05) is 27.7 Å². The minimum Gasteiger partial charge on any atom is -0.480 e. The molecular formula is C25H42N2O10S2. The molecule has 5 N–H and O–H groups in total. The fourth-order valence-electron chi connectivity index (χ4n) is 7.67. The van der Waals surface area contributed by atoms with Gasteiger partial charge in [0.15, 0.2) is 0 Å². The minimum atomic E-state index is -4.08. The predicted octanol–water partition coefficient (Wildman–Crippen LogP) is 1.17. The van der Waals surface area contributed by atoms with Gasteiger partial charge in [0.25, 0.3) is 20.2 Å². The lowest BCUT2D eigenvalue weighted by Crippen LogP contribution is -2.52. The molecule has 0 amide bonds. The van der Waals surface area contributed by atoms with Crippen LogP contribution in [0.25, 0.3) is 0 Å². The highest BCUT2D eigenvalue weighted by atomic mass is 32.2. The first kappa shape index (κ1) is 32.1. The molecule has 0 aromatic rings. The number of hydrogen-bond acceptors (Lipinski definition) is 9. The molecule has 14 heteroatoms. The van der Waals surface area contributed by atoms with Crippen LogP contribution in [0.4, 0.5) is 0 Å². The summed E-state index contributed by atoms with van der Waals surface area (Å²) in [6, 6.07) is -0.390. The summed E-state index contributed by atoms with van der Waals surface area (Å²) in [4.78, 5) is 34.0. The van der Waals surface area contributed by atoms with Gasteiger partial charge in [-0.15, -0.1) is 0 Å². The maximum atomic E-state index is 11.9. The number of carboxylic acids is 1. The molecule has 4 aliphatic carbocycles. The van der Waals surface area contributed by atoms with Gasteiger partial charge in [0.1, 0.15) is 17.6 Å². The van der Waals surface area contributed by atoms with Crippen LogP contribution in [0.5, 0.6) is 0 Å². The van der Waals surface area contributed by atoms with Crippen LogP contribution >= 0.6 is 0 Å². The van der Waals surface area contributed by atoms with Crippen LogP contribution < -0.4 is 10.6 Å². The van der Waals surface area contributed by atoms with E-state index in [4.69, 9.17) is 14.2 Å². The first-order valence-electron chi connectivity index (χ1n) is 13.3. The Bertz CT molecular complexity index is 1130. The molecule has 4 saturated carbocycles. The van der Waals surface area contributed by atoms with Gasteiger partial charge in [-0.25, -0.2) is 0 Å². The molecule has 0 aromatic carbocycles. The lowest BCUT2D eigenvalue weighted by Gasteiger charge is -2.35. The van der Waals surface area contributed by atoms with Crippen LogP contribution in [-0.2, 0) is 34.6 Å². The van der Waals surface area contributed by atoms with Crippen LogP contribution in [0.15, 0.2) is 0 Å². The molecule has 4 bridgehead atoms. The van der Waals surface area contributed by atoms with E-state index in [0.717, 1.165) is 25.9 Å². The minimum absolute atomic E-state index is 0.0152. The average molecular weight is 595 g/mol. The molecule has 0 radical (unpaired) electrons. The summed E-state index contributed by atoms with van der Waals surface area (Å²) >= 11 is 0. The van der Waals surface area contributed by atoms with Crippen molar-refractivity contribution in [1.29, 1.82) is 0 Å². The second-order valence-electron chi connectivity index (χ2n) is 12.8. The number of carbonyl (C=O) groups excluding carboxylic acids is 2. The Balaban J connectivity index is 0.000000167. The van der Waals surface area contributed by atoms with E-state index in [9.17, 15) is 31.2 Å². The Kier molecular flexibility index (Phi) is 8.84. The molecule has 1 heterocycles. The first-order valence-corrected chi connectivity index (χ1v) is 16.5. The normalized spacial score (nSPS) is 36.1. The van der Waals surface area contributed by atoms with Crippen LogP contribution in [0.1, 0.15) is 66.2 Å². The largest absolute Gasteiger partial charge is 0.480 e. The number of carboxylic acid groups (broad SMARTS) is 1. The number of ketones is 2. The zero-order valence-corrected chi connectivity index (χ0v) is 24.7. The van der Waals surface area contributed by atoms with Crippen LogP contribution in [0, 0.1) is 33.5 Å². The molecule has 0 aromatic heterocycles. The topological polar surface area (TPSA) is 204 Å². The second kappa shape index (κ2) is 10.8. The Hall–Kier alpha value is -1.45. The van der Waals surface area contributed by atoms with E-state index < -0.39 is 54.6 Å². The van der Waals surface area contributed by atoms with Gasteiger partial charge in [-0.2, -0.15) is 16.8 Å². The van der Waals surface area contributed by atoms with Gasteiger partial charge >= 0.3 is 5.97 Å². The third-order valence-corrected chi connectivity index (χ3v) is 12.2. The van der Waals surface area contributed by atoms with Gasteiger partial charge in [-0.3, -0.25) is 23.5 Å². The average Bonchev–Trinajstić information content (AvgIpc) is 3.31. The Labute approximate surface area is 230 Å². The Morgan fingerprint density at radius 2 is 1.23 bits per heavy atom. The number of aliphatic carboxylic acids is 1. The highest BCUT2D eigenvalue weighted by Gasteiger charge is 2.66. The number of nitrogens with one attached hydrogen (secondary N) is 2. The van der Waals surface area contributed by atoms with Crippen molar-refractivity contribution < 1.29 is 45.4 Å². The maximum absolute atomic E-state index is 11.9. The number of fused-ring (bicyclic) bond motifs is 4. The number of carbonyl (C=O) groups is 3. The van der Waals surface area contributed by atoms with Crippen LogP contribution in [0.3, 0.4) is 0 Å². The van der Waals surface area contributed by atoms with E-state index in [1.807, 2.05) is 27.7 Å². The van der Waals surface area contributed by atoms with E-state index in [0.29, 0.717) is 32.2 Å². The fourth-order valence-corrected chi connectivity index (χ4v) is 10.3. The number of Topliss-reactive ketones (excluding diaryl/α,β-unsaturated/α-hetero) is 2. The third-order valence-electron chi connectivity index (χ3n) is 10.5. The number of piperazine rings is 1. The summed E-state index contributed by atoms with van der Waals surface area (Å²) in [5, 5.41) is 14.3. The molecule has 1 aliphatic heterocycles. The summed E-state index contributed by atoms with van der Waals surface area (Å²) in [5.41, 5.74) is -2.24. The summed E-state index contributed by atoms with van der Waals surface area (Å²) < 4.78 is 62.0. The van der Waals surface area contributed by atoms with Crippen molar-refractivity contribution in [1.82, 2.24) is 10.6 Å². The van der Waals surface area contributed by atoms with Crippen molar-refractivity contribution in [3.63, 3.8) is 0 Å². The molecule has 5 aliphatic rings. The smallest absolute Gasteiger partial charge is 0.322 e. The molecule has 12 nitrogen and oxygen atoms in total. The molecule has 4 unspecified atom stereocenters. The highest BCUT2D eigenvalue weighted by Crippen LogP contribution is 2.65. The van der Waals surface area contributed by atoms with E-state index in [2.05, 4.69) is 10.6 Å². The quantitative estimate of drug-likeness (QED) is 0.285. The van der Waals surface area contributed by atoms with E-state index in [1.165, 1.54) is 0 Å². The molecule has 5 rings (SSSR count). The molecule has 224 valence electrons. The zero-order valence-electron chi connectivity index (χ0n) is 23.0. The summed E-state index contributed by atoms with van der Waals surface area (Å²) in [6.45, 7) is 9.93. The maximum Gasteiger partial charge on any atom is 0.322 e.